The third-order valence-electron chi connectivity index (χ3n) is 3.74. The highest BCUT2D eigenvalue weighted by Crippen LogP contribution is 2.42. The van der Waals surface area contributed by atoms with Crippen molar-refractivity contribution in [2.24, 2.45) is 5.92 Å². The number of ether oxygens (including phenoxy) is 2. The minimum Gasteiger partial charge on any atom is -0.492 e. The van der Waals surface area contributed by atoms with E-state index in [1.165, 1.54) is 0 Å². The first-order valence-corrected chi connectivity index (χ1v) is 7.76. The van der Waals surface area contributed by atoms with E-state index in [2.05, 4.69) is 5.32 Å². The van der Waals surface area contributed by atoms with E-state index in [-0.39, 0.29) is 5.91 Å². The van der Waals surface area contributed by atoms with Gasteiger partial charge in [-0.15, -0.1) is 0 Å². The Balaban J connectivity index is 2.09. The molecule has 1 N–H and O–H groups in total. The van der Waals surface area contributed by atoms with Gasteiger partial charge in [0.15, 0.2) is 0 Å². The maximum absolute atomic E-state index is 12.5. The molecule has 1 aliphatic rings. The van der Waals surface area contributed by atoms with Gasteiger partial charge in [0.1, 0.15) is 11.4 Å². The SMILES string of the molecule is CCOc1ccc(NC(=O)C(C)(OCC)C2CC2)cc1Cl. The van der Waals surface area contributed by atoms with Crippen LogP contribution in [0.4, 0.5) is 5.69 Å². The van der Waals surface area contributed by atoms with Crippen LogP contribution in [-0.4, -0.2) is 24.7 Å². The summed E-state index contributed by atoms with van der Waals surface area (Å²) in [7, 11) is 0. The van der Waals surface area contributed by atoms with Crippen LogP contribution < -0.4 is 10.1 Å². The molecule has 1 unspecified atom stereocenters. The minimum atomic E-state index is -0.764. The fourth-order valence-corrected chi connectivity index (χ4v) is 2.64. The Morgan fingerprint density at radius 3 is 2.62 bits per heavy atom. The Hall–Kier alpha value is -1.26. The number of benzene rings is 1. The van der Waals surface area contributed by atoms with E-state index < -0.39 is 5.60 Å². The smallest absolute Gasteiger partial charge is 0.256 e. The molecule has 0 heterocycles. The summed E-state index contributed by atoms with van der Waals surface area (Å²) >= 11 is 6.13. The topological polar surface area (TPSA) is 47.6 Å². The minimum absolute atomic E-state index is 0.118. The van der Waals surface area contributed by atoms with Crippen molar-refractivity contribution in [1.82, 2.24) is 0 Å². The van der Waals surface area contributed by atoms with E-state index in [1.54, 1.807) is 18.2 Å². The van der Waals surface area contributed by atoms with E-state index in [0.717, 1.165) is 12.8 Å². The lowest BCUT2D eigenvalue weighted by Gasteiger charge is -2.28. The lowest BCUT2D eigenvalue weighted by molar-refractivity contribution is -0.141. The zero-order valence-corrected chi connectivity index (χ0v) is 13.5. The molecule has 0 aliphatic heterocycles. The molecule has 116 valence electrons. The van der Waals surface area contributed by atoms with Gasteiger partial charge < -0.3 is 14.8 Å². The predicted molar refractivity (Wildman–Crippen MR) is 84.0 cm³/mol. The molecule has 0 radical (unpaired) electrons. The molecule has 1 atom stereocenters. The highest BCUT2D eigenvalue weighted by molar-refractivity contribution is 6.32. The molecule has 0 aromatic heterocycles. The van der Waals surface area contributed by atoms with Crippen molar-refractivity contribution >= 4 is 23.2 Å². The molecule has 2 rings (SSSR count). The monoisotopic (exact) mass is 311 g/mol. The van der Waals surface area contributed by atoms with Crippen molar-refractivity contribution in [3.05, 3.63) is 23.2 Å². The van der Waals surface area contributed by atoms with Crippen molar-refractivity contribution < 1.29 is 14.3 Å². The lowest BCUT2D eigenvalue weighted by atomic mass is 9.99. The second-order valence-electron chi connectivity index (χ2n) is 5.35. The third kappa shape index (κ3) is 3.69. The van der Waals surface area contributed by atoms with Crippen molar-refractivity contribution in [3.8, 4) is 5.75 Å². The summed E-state index contributed by atoms with van der Waals surface area (Å²) in [6.07, 6.45) is 2.07. The summed E-state index contributed by atoms with van der Waals surface area (Å²) in [4.78, 5) is 12.5. The molecule has 5 heteroatoms. The molecular weight excluding hydrogens is 290 g/mol. The van der Waals surface area contributed by atoms with Crippen molar-refractivity contribution in [1.29, 1.82) is 0 Å². The van der Waals surface area contributed by atoms with Crippen molar-refractivity contribution in [3.63, 3.8) is 0 Å². The Labute approximate surface area is 130 Å². The third-order valence-corrected chi connectivity index (χ3v) is 4.04. The van der Waals surface area contributed by atoms with Gasteiger partial charge in [-0.05, 0) is 57.7 Å². The van der Waals surface area contributed by atoms with Gasteiger partial charge in [-0.25, -0.2) is 0 Å². The van der Waals surface area contributed by atoms with Gasteiger partial charge >= 0.3 is 0 Å². The van der Waals surface area contributed by atoms with Crippen LogP contribution in [0.25, 0.3) is 0 Å². The van der Waals surface area contributed by atoms with E-state index in [4.69, 9.17) is 21.1 Å². The van der Waals surface area contributed by atoms with E-state index in [1.807, 2.05) is 20.8 Å². The quantitative estimate of drug-likeness (QED) is 0.831. The molecule has 1 aliphatic carbocycles. The molecular formula is C16H22ClNO3. The van der Waals surface area contributed by atoms with Gasteiger partial charge in [-0.2, -0.15) is 0 Å². The summed E-state index contributed by atoms with van der Waals surface area (Å²) in [6.45, 7) is 6.73. The number of rotatable bonds is 7. The van der Waals surface area contributed by atoms with Gasteiger partial charge in [0.25, 0.3) is 5.91 Å². The molecule has 21 heavy (non-hydrogen) atoms. The number of halogens is 1. The molecule has 1 aromatic carbocycles. The Kier molecular flexibility index (Phi) is 5.12. The molecule has 0 bridgehead atoms. The molecule has 1 aromatic rings. The average Bonchev–Trinajstić information content (AvgIpc) is 3.27. The second-order valence-corrected chi connectivity index (χ2v) is 5.75. The standard InChI is InChI=1S/C16H22ClNO3/c1-4-20-14-9-8-12(10-13(14)17)18-15(19)16(3,21-5-2)11-6-7-11/h8-11H,4-7H2,1-3H3,(H,18,19). The Morgan fingerprint density at radius 1 is 1.38 bits per heavy atom. The van der Waals surface area contributed by atoms with Crippen LogP contribution in [0.2, 0.25) is 5.02 Å². The molecule has 0 saturated heterocycles. The van der Waals surface area contributed by atoms with Crippen LogP contribution in [0.1, 0.15) is 33.6 Å². The van der Waals surface area contributed by atoms with Crippen molar-refractivity contribution in [2.75, 3.05) is 18.5 Å². The zero-order chi connectivity index (χ0) is 15.5. The number of hydrogen-bond donors (Lipinski definition) is 1. The number of nitrogens with one attached hydrogen (secondary N) is 1. The highest BCUT2D eigenvalue weighted by atomic mass is 35.5. The summed E-state index contributed by atoms with van der Waals surface area (Å²) in [5, 5.41) is 3.38. The van der Waals surface area contributed by atoms with Crippen LogP contribution in [0.3, 0.4) is 0 Å². The first-order chi connectivity index (χ1) is 10.0. The van der Waals surface area contributed by atoms with E-state index >= 15 is 0 Å². The largest absolute Gasteiger partial charge is 0.492 e. The van der Waals surface area contributed by atoms with Gasteiger partial charge in [-0.3, -0.25) is 4.79 Å². The molecule has 1 saturated carbocycles. The van der Waals surface area contributed by atoms with E-state index in [9.17, 15) is 4.79 Å². The summed E-state index contributed by atoms with van der Waals surface area (Å²) < 4.78 is 11.1. The Bertz CT molecular complexity index is 516. The fraction of sp³-hybridized carbons (Fsp3) is 0.562. The first kappa shape index (κ1) is 16.1. The van der Waals surface area contributed by atoms with Crippen LogP contribution in [0, 0.1) is 5.92 Å². The van der Waals surface area contributed by atoms with Gasteiger partial charge in [0.05, 0.1) is 11.6 Å². The normalized spacial score (nSPS) is 17.1. The number of anilines is 1. The number of carbonyl (C=O) groups excluding carboxylic acids is 1. The van der Waals surface area contributed by atoms with E-state index in [0.29, 0.717) is 35.6 Å². The molecule has 4 nitrogen and oxygen atoms in total. The zero-order valence-electron chi connectivity index (χ0n) is 12.7. The maximum Gasteiger partial charge on any atom is 0.256 e. The maximum atomic E-state index is 12.5. The van der Waals surface area contributed by atoms with Crippen molar-refractivity contribution in [2.45, 2.75) is 39.2 Å². The summed E-state index contributed by atoms with van der Waals surface area (Å²) in [5.74, 6) is 0.801. The van der Waals surface area contributed by atoms with Gasteiger partial charge in [0, 0.05) is 12.3 Å². The van der Waals surface area contributed by atoms with Crippen LogP contribution in [-0.2, 0) is 9.53 Å². The number of hydrogen-bond acceptors (Lipinski definition) is 3. The van der Waals surface area contributed by atoms with Crippen LogP contribution in [0.15, 0.2) is 18.2 Å². The first-order valence-electron chi connectivity index (χ1n) is 7.39. The lowest BCUT2D eigenvalue weighted by Crippen LogP contribution is -2.44. The van der Waals surface area contributed by atoms with Crippen LogP contribution >= 0.6 is 11.6 Å². The summed E-state index contributed by atoms with van der Waals surface area (Å²) in [6, 6.07) is 5.24. The summed E-state index contributed by atoms with van der Waals surface area (Å²) in [5.41, 5.74) is -0.111. The average molecular weight is 312 g/mol. The van der Waals surface area contributed by atoms with Crippen LogP contribution in [0.5, 0.6) is 5.75 Å². The molecule has 0 spiro atoms. The van der Waals surface area contributed by atoms with Gasteiger partial charge in [0.2, 0.25) is 0 Å². The fourth-order valence-electron chi connectivity index (χ4n) is 2.41. The second kappa shape index (κ2) is 6.67. The number of carbonyl (C=O) groups is 1. The molecule has 1 amide bonds. The molecule has 1 fully saturated rings. The van der Waals surface area contributed by atoms with Gasteiger partial charge in [-0.1, -0.05) is 11.6 Å². The highest BCUT2D eigenvalue weighted by Gasteiger charge is 2.48. The predicted octanol–water partition coefficient (Wildman–Crippen LogP) is 3.88. The number of amides is 1. The Morgan fingerprint density at radius 2 is 2.10 bits per heavy atom.